The second kappa shape index (κ2) is 10.8. The minimum Gasteiger partial charge on any atom is -0.493 e. The fraction of sp³-hybridized carbons (Fsp3) is 0.321. The van der Waals surface area contributed by atoms with Gasteiger partial charge in [0, 0.05) is 17.3 Å². The van der Waals surface area contributed by atoms with Crippen LogP contribution < -0.4 is 19.5 Å². The molecular weight excluding hydrogens is 480 g/mol. The summed E-state index contributed by atoms with van der Waals surface area (Å²) in [5.41, 5.74) is 6.51. The number of nitrogens with zero attached hydrogens (tertiary/aromatic N) is 1. The molecule has 1 aliphatic rings. The van der Waals surface area contributed by atoms with E-state index in [9.17, 15) is 0 Å². The van der Waals surface area contributed by atoms with Crippen LogP contribution >= 0.6 is 23.8 Å². The molecule has 1 unspecified atom stereocenters. The van der Waals surface area contributed by atoms with Crippen molar-refractivity contribution < 1.29 is 14.2 Å². The van der Waals surface area contributed by atoms with Gasteiger partial charge < -0.3 is 24.4 Å². The number of nitrogens with one attached hydrogen (secondary N) is 1. The zero-order chi connectivity index (χ0) is 25.1. The maximum absolute atomic E-state index is 6.35. The number of anilines is 1. The Balaban J connectivity index is 1.68. The van der Waals surface area contributed by atoms with Crippen LogP contribution in [0.3, 0.4) is 0 Å². The summed E-state index contributed by atoms with van der Waals surface area (Å²) < 4.78 is 17.5. The van der Waals surface area contributed by atoms with Crippen LogP contribution in [0.5, 0.6) is 17.2 Å². The minimum atomic E-state index is -0.112. The Bertz CT molecular complexity index is 1230. The van der Waals surface area contributed by atoms with E-state index in [-0.39, 0.29) is 6.04 Å². The molecule has 0 saturated heterocycles. The van der Waals surface area contributed by atoms with Gasteiger partial charge in [0.25, 0.3) is 0 Å². The highest BCUT2D eigenvalue weighted by Crippen LogP contribution is 2.39. The molecule has 0 bridgehead atoms. The topological polar surface area (TPSA) is 43.0 Å². The molecule has 1 N–H and O–H groups in total. The Hall–Kier alpha value is -2.96. The zero-order valence-electron chi connectivity index (χ0n) is 20.8. The first-order chi connectivity index (χ1) is 16.8. The van der Waals surface area contributed by atoms with Gasteiger partial charge in [-0.2, -0.15) is 0 Å². The van der Waals surface area contributed by atoms with Crippen molar-refractivity contribution >= 4 is 34.6 Å². The van der Waals surface area contributed by atoms with E-state index in [0.717, 1.165) is 41.3 Å². The number of rotatable bonds is 6. The van der Waals surface area contributed by atoms with Gasteiger partial charge in [0.05, 0.1) is 20.3 Å². The van der Waals surface area contributed by atoms with Crippen LogP contribution in [0.15, 0.2) is 48.5 Å². The molecule has 35 heavy (non-hydrogen) atoms. The standard InChI is InChI=1S/C28H31ClN2O3S/c1-17-11-18(2)13-21(12-17)34-16-25-22-15-27(33-5)26(32-4)14-20(22)9-10-31(25)28(35)30-24-8-6-7-23(29)19(24)3/h6-8,11-15,25H,9-10,16H2,1-5H3,(H,30,35). The first-order valence-corrected chi connectivity index (χ1v) is 12.4. The number of halogens is 1. The highest BCUT2D eigenvalue weighted by molar-refractivity contribution is 7.80. The predicted molar refractivity (Wildman–Crippen MR) is 147 cm³/mol. The second-order valence-electron chi connectivity index (χ2n) is 8.84. The summed E-state index contributed by atoms with van der Waals surface area (Å²) in [6.45, 7) is 7.31. The summed E-state index contributed by atoms with van der Waals surface area (Å²) in [5, 5.41) is 4.74. The van der Waals surface area contributed by atoms with Gasteiger partial charge in [-0.05, 0) is 104 Å². The summed E-state index contributed by atoms with van der Waals surface area (Å²) >= 11 is 12.2. The molecule has 0 aliphatic carbocycles. The lowest BCUT2D eigenvalue weighted by molar-refractivity contribution is 0.190. The average molecular weight is 511 g/mol. The van der Waals surface area contributed by atoms with E-state index < -0.39 is 0 Å². The van der Waals surface area contributed by atoms with Crippen LogP contribution in [0, 0.1) is 20.8 Å². The van der Waals surface area contributed by atoms with Gasteiger partial charge in [-0.15, -0.1) is 0 Å². The molecule has 0 aromatic heterocycles. The zero-order valence-corrected chi connectivity index (χ0v) is 22.3. The summed E-state index contributed by atoms with van der Waals surface area (Å²) in [6.07, 6.45) is 0.825. The molecule has 0 saturated carbocycles. The van der Waals surface area contributed by atoms with E-state index in [1.807, 2.05) is 31.2 Å². The summed E-state index contributed by atoms with van der Waals surface area (Å²) in [5.74, 6) is 2.26. The van der Waals surface area contributed by atoms with Crippen molar-refractivity contribution in [1.29, 1.82) is 0 Å². The molecule has 0 fully saturated rings. The first-order valence-electron chi connectivity index (χ1n) is 11.6. The highest BCUT2D eigenvalue weighted by Gasteiger charge is 2.31. The second-order valence-corrected chi connectivity index (χ2v) is 9.64. The Kier molecular flexibility index (Phi) is 7.72. The van der Waals surface area contributed by atoms with Gasteiger partial charge in [-0.1, -0.05) is 23.7 Å². The molecule has 1 heterocycles. The maximum Gasteiger partial charge on any atom is 0.174 e. The van der Waals surface area contributed by atoms with Crippen molar-refractivity contribution in [2.75, 3.05) is 32.7 Å². The Morgan fingerprint density at radius 3 is 2.40 bits per heavy atom. The summed E-state index contributed by atoms with van der Waals surface area (Å²) in [7, 11) is 3.31. The van der Waals surface area contributed by atoms with Gasteiger partial charge in [0.2, 0.25) is 0 Å². The number of hydrogen-bond donors (Lipinski definition) is 1. The third-order valence-corrected chi connectivity index (χ3v) is 7.12. The lowest BCUT2D eigenvalue weighted by Crippen LogP contribution is -2.44. The minimum absolute atomic E-state index is 0.112. The Morgan fingerprint density at radius 2 is 1.71 bits per heavy atom. The lowest BCUT2D eigenvalue weighted by atomic mass is 9.92. The molecule has 3 aromatic carbocycles. The fourth-order valence-corrected chi connectivity index (χ4v) is 5.08. The van der Waals surface area contributed by atoms with Crippen LogP contribution in [-0.4, -0.2) is 37.4 Å². The van der Waals surface area contributed by atoms with Crippen LogP contribution in [0.4, 0.5) is 5.69 Å². The molecule has 1 aliphatic heterocycles. The smallest absolute Gasteiger partial charge is 0.174 e. The third-order valence-electron chi connectivity index (χ3n) is 6.38. The number of benzene rings is 3. The fourth-order valence-electron chi connectivity index (χ4n) is 4.57. The van der Waals surface area contributed by atoms with Crippen molar-refractivity contribution in [2.24, 2.45) is 0 Å². The number of hydrogen-bond acceptors (Lipinski definition) is 4. The molecule has 184 valence electrons. The average Bonchev–Trinajstić information content (AvgIpc) is 2.83. The van der Waals surface area contributed by atoms with Crippen molar-refractivity contribution in [3.63, 3.8) is 0 Å². The molecule has 5 nitrogen and oxygen atoms in total. The number of thiocarbonyl (C=S) groups is 1. The van der Waals surface area contributed by atoms with E-state index in [1.54, 1.807) is 14.2 Å². The third kappa shape index (κ3) is 5.49. The number of aryl methyl sites for hydroxylation is 2. The highest BCUT2D eigenvalue weighted by atomic mass is 35.5. The predicted octanol–water partition coefficient (Wildman–Crippen LogP) is 6.66. The van der Waals surface area contributed by atoms with Crippen LogP contribution in [0.25, 0.3) is 0 Å². The molecule has 3 aromatic rings. The van der Waals surface area contributed by atoms with Crippen LogP contribution in [0.1, 0.15) is 33.9 Å². The van der Waals surface area contributed by atoms with Gasteiger partial charge >= 0.3 is 0 Å². The maximum atomic E-state index is 6.35. The number of ether oxygens (including phenoxy) is 3. The first kappa shape index (κ1) is 25.1. The molecule has 0 radical (unpaired) electrons. The van der Waals surface area contributed by atoms with Gasteiger partial charge in [-0.25, -0.2) is 0 Å². The quantitative estimate of drug-likeness (QED) is 0.374. The molecule has 0 amide bonds. The van der Waals surface area contributed by atoms with Gasteiger partial charge in [0.1, 0.15) is 12.4 Å². The van der Waals surface area contributed by atoms with Gasteiger partial charge in [0.15, 0.2) is 16.6 Å². The van der Waals surface area contributed by atoms with Gasteiger partial charge in [-0.3, -0.25) is 0 Å². The summed E-state index contributed by atoms with van der Waals surface area (Å²) in [6, 6.07) is 16.0. The largest absolute Gasteiger partial charge is 0.493 e. The molecule has 7 heteroatoms. The van der Waals surface area contributed by atoms with E-state index in [4.69, 9.17) is 38.0 Å². The Labute approximate surface area is 218 Å². The monoisotopic (exact) mass is 510 g/mol. The van der Waals surface area contributed by atoms with E-state index in [1.165, 1.54) is 16.7 Å². The number of methoxy groups -OCH3 is 2. The summed E-state index contributed by atoms with van der Waals surface area (Å²) in [4.78, 5) is 2.19. The SMILES string of the molecule is COc1cc2c(cc1OC)C(COc1cc(C)cc(C)c1)N(C(=S)Nc1cccc(Cl)c1C)CC2. The van der Waals surface area contributed by atoms with Crippen molar-refractivity contribution in [3.05, 3.63) is 81.4 Å². The molecular formula is C28H31ClN2O3S. The van der Waals surface area contributed by atoms with Crippen molar-refractivity contribution in [3.8, 4) is 17.2 Å². The van der Waals surface area contributed by atoms with Crippen molar-refractivity contribution in [2.45, 2.75) is 33.2 Å². The van der Waals surface area contributed by atoms with E-state index >= 15 is 0 Å². The molecule has 4 rings (SSSR count). The lowest BCUT2D eigenvalue weighted by Gasteiger charge is -2.39. The number of fused-ring (bicyclic) bond motifs is 1. The van der Waals surface area contributed by atoms with Crippen LogP contribution in [-0.2, 0) is 6.42 Å². The van der Waals surface area contributed by atoms with E-state index in [0.29, 0.717) is 22.5 Å². The van der Waals surface area contributed by atoms with Crippen LogP contribution in [0.2, 0.25) is 5.02 Å². The van der Waals surface area contributed by atoms with Crippen molar-refractivity contribution in [1.82, 2.24) is 4.90 Å². The molecule has 1 atom stereocenters. The Morgan fingerprint density at radius 1 is 1.03 bits per heavy atom. The normalized spacial score (nSPS) is 14.8. The molecule has 0 spiro atoms. The van der Waals surface area contributed by atoms with E-state index in [2.05, 4.69) is 48.3 Å².